The average molecular weight is 240 g/mol. The number of rotatable bonds is 3. The molecule has 2 saturated heterocycles. The number of likely N-dealkylation sites (tertiary alicyclic amines) is 1. The van der Waals surface area contributed by atoms with Crippen LogP contribution in [0, 0.1) is 11.8 Å². The van der Waals surface area contributed by atoms with Crippen LogP contribution in [-0.4, -0.2) is 50.2 Å². The van der Waals surface area contributed by atoms with Crippen molar-refractivity contribution < 1.29 is 9.53 Å². The Morgan fingerprint density at radius 3 is 3.00 bits per heavy atom. The second-order valence-corrected chi connectivity index (χ2v) is 5.43. The summed E-state index contributed by atoms with van der Waals surface area (Å²) in [6, 6.07) is 0. The highest BCUT2D eigenvalue weighted by Gasteiger charge is 2.33. The maximum absolute atomic E-state index is 12.3. The van der Waals surface area contributed by atoms with Gasteiger partial charge in [0.25, 0.3) is 0 Å². The van der Waals surface area contributed by atoms with Crippen LogP contribution < -0.4 is 5.32 Å². The van der Waals surface area contributed by atoms with Crippen LogP contribution in [0.5, 0.6) is 0 Å². The Morgan fingerprint density at radius 2 is 2.35 bits per heavy atom. The fourth-order valence-corrected chi connectivity index (χ4v) is 2.97. The Balaban J connectivity index is 1.86. The van der Waals surface area contributed by atoms with Crippen molar-refractivity contribution in [3.05, 3.63) is 0 Å². The molecule has 1 N–H and O–H groups in total. The van der Waals surface area contributed by atoms with Gasteiger partial charge in [0.1, 0.15) is 0 Å². The lowest BCUT2D eigenvalue weighted by molar-refractivity contribution is -0.137. The first-order chi connectivity index (χ1) is 8.20. The largest absolute Gasteiger partial charge is 0.378 e. The van der Waals surface area contributed by atoms with Gasteiger partial charge >= 0.3 is 0 Å². The van der Waals surface area contributed by atoms with Gasteiger partial charge in [-0.25, -0.2) is 0 Å². The number of hydrogen-bond donors (Lipinski definition) is 1. The third kappa shape index (κ3) is 3.19. The van der Waals surface area contributed by atoms with Gasteiger partial charge in [0.15, 0.2) is 0 Å². The molecule has 3 atom stereocenters. The molecule has 0 aromatic heterocycles. The molecule has 0 aromatic rings. The minimum atomic E-state index is 0.110. The molecule has 4 nitrogen and oxygen atoms in total. The van der Waals surface area contributed by atoms with E-state index >= 15 is 0 Å². The van der Waals surface area contributed by atoms with Gasteiger partial charge in [-0.3, -0.25) is 4.79 Å². The summed E-state index contributed by atoms with van der Waals surface area (Å²) in [5, 5.41) is 3.21. The molecule has 0 spiro atoms. The van der Waals surface area contributed by atoms with E-state index in [1.54, 1.807) is 0 Å². The summed E-state index contributed by atoms with van der Waals surface area (Å²) in [5.41, 5.74) is 0. The SMILES string of the molecule is CNCC1CCCN(C(=O)C2COC(C)C2)C1. The zero-order valence-corrected chi connectivity index (χ0v) is 10.9. The molecule has 2 fully saturated rings. The van der Waals surface area contributed by atoms with E-state index in [0.717, 1.165) is 32.5 Å². The number of piperidine rings is 1. The maximum Gasteiger partial charge on any atom is 0.228 e. The Labute approximate surface area is 104 Å². The highest BCUT2D eigenvalue weighted by atomic mass is 16.5. The third-order valence-electron chi connectivity index (χ3n) is 3.87. The number of carbonyl (C=O) groups is 1. The molecule has 0 aromatic carbocycles. The van der Waals surface area contributed by atoms with Crippen molar-refractivity contribution in [1.29, 1.82) is 0 Å². The normalized spacial score (nSPS) is 34.0. The van der Waals surface area contributed by atoms with Gasteiger partial charge in [0.05, 0.1) is 18.6 Å². The van der Waals surface area contributed by atoms with Crippen LogP contribution in [0.15, 0.2) is 0 Å². The Hall–Kier alpha value is -0.610. The molecule has 0 aliphatic carbocycles. The molecular formula is C13H24N2O2. The zero-order valence-electron chi connectivity index (χ0n) is 10.9. The predicted octanol–water partition coefficient (Wildman–Crippen LogP) is 0.869. The van der Waals surface area contributed by atoms with Crippen LogP contribution in [0.1, 0.15) is 26.2 Å². The second-order valence-electron chi connectivity index (χ2n) is 5.43. The molecule has 1 amide bonds. The van der Waals surface area contributed by atoms with E-state index in [2.05, 4.69) is 10.2 Å². The molecule has 0 radical (unpaired) electrons. The van der Waals surface area contributed by atoms with Crippen LogP contribution in [-0.2, 0) is 9.53 Å². The summed E-state index contributed by atoms with van der Waals surface area (Å²) in [6.07, 6.45) is 3.52. The number of carbonyl (C=O) groups excluding carboxylic acids is 1. The summed E-state index contributed by atoms with van der Waals surface area (Å²) in [6.45, 7) is 5.54. The molecule has 3 unspecified atom stereocenters. The molecule has 2 rings (SSSR count). The fourth-order valence-electron chi connectivity index (χ4n) is 2.97. The van der Waals surface area contributed by atoms with E-state index in [1.165, 1.54) is 6.42 Å². The lowest BCUT2D eigenvalue weighted by Crippen LogP contribution is -2.45. The number of hydrogen-bond acceptors (Lipinski definition) is 3. The molecular weight excluding hydrogens is 216 g/mol. The molecule has 2 aliphatic heterocycles. The van der Waals surface area contributed by atoms with E-state index in [1.807, 2.05) is 14.0 Å². The molecule has 0 bridgehead atoms. The highest BCUT2D eigenvalue weighted by molar-refractivity contribution is 5.79. The standard InChI is InChI=1S/C13H24N2O2/c1-10-6-12(9-17-10)13(16)15-5-3-4-11(8-15)7-14-2/h10-12,14H,3-9H2,1-2H3. The predicted molar refractivity (Wildman–Crippen MR) is 66.8 cm³/mol. The first-order valence-electron chi connectivity index (χ1n) is 6.75. The lowest BCUT2D eigenvalue weighted by Gasteiger charge is -2.34. The highest BCUT2D eigenvalue weighted by Crippen LogP contribution is 2.24. The first kappa shape index (κ1) is 12.8. The lowest BCUT2D eigenvalue weighted by atomic mass is 9.96. The van der Waals surface area contributed by atoms with Gasteiger partial charge in [-0.15, -0.1) is 0 Å². The van der Waals surface area contributed by atoms with Crippen molar-refractivity contribution in [2.75, 3.05) is 33.3 Å². The van der Waals surface area contributed by atoms with Crippen LogP contribution in [0.3, 0.4) is 0 Å². The van der Waals surface area contributed by atoms with Gasteiger partial charge in [0, 0.05) is 13.1 Å². The van der Waals surface area contributed by atoms with Crippen molar-refractivity contribution in [3.63, 3.8) is 0 Å². The van der Waals surface area contributed by atoms with Crippen molar-refractivity contribution in [3.8, 4) is 0 Å². The van der Waals surface area contributed by atoms with Gasteiger partial charge in [-0.05, 0) is 45.7 Å². The minimum Gasteiger partial charge on any atom is -0.378 e. The van der Waals surface area contributed by atoms with Crippen molar-refractivity contribution in [1.82, 2.24) is 10.2 Å². The number of nitrogens with zero attached hydrogens (tertiary/aromatic N) is 1. The van der Waals surface area contributed by atoms with Crippen LogP contribution >= 0.6 is 0 Å². The molecule has 2 heterocycles. The Bertz CT molecular complexity index is 268. The number of nitrogens with one attached hydrogen (secondary N) is 1. The smallest absolute Gasteiger partial charge is 0.228 e. The zero-order chi connectivity index (χ0) is 12.3. The quantitative estimate of drug-likeness (QED) is 0.796. The van der Waals surface area contributed by atoms with Gasteiger partial charge in [-0.1, -0.05) is 0 Å². The summed E-state index contributed by atoms with van der Waals surface area (Å²) in [4.78, 5) is 14.4. The summed E-state index contributed by atoms with van der Waals surface area (Å²) < 4.78 is 5.49. The van der Waals surface area contributed by atoms with Gasteiger partial charge < -0.3 is 15.0 Å². The van der Waals surface area contributed by atoms with E-state index < -0.39 is 0 Å². The molecule has 4 heteroatoms. The number of amides is 1. The Kier molecular flexibility index (Phi) is 4.40. The van der Waals surface area contributed by atoms with Gasteiger partial charge in [0.2, 0.25) is 5.91 Å². The summed E-state index contributed by atoms with van der Waals surface area (Å²) in [5.74, 6) is 1.05. The third-order valence-corrected chi connectivity index (χ3v) is 3.87. The number of ether oxygens (including phenoxy) is 1. The second kappa shape index (κ2) is 5.83. The van der Waals surface area contributed by atoms with E-state index in [4.69, 9.17) is 4.74 Å². The summed E-state index contributed by atoms with van der Waals surface area (Å²) >= 11 is 0. The minimum absolute atomic E-state index is 0.110. The van der Waals surface area contributed by atoms with Crippen LogP contribution in [0.2, 0.25) is 0 Å². The maximum atomic E-state index is 12.3. The monoisotopic (exact) mass is 240 g/mol. The molecule has 2 aliphatic rings. The Morgan fingerprint density at radius 1 is 1.53 bits per heavy atom. The summed E-state index contributed by atoms with van der Waals surface area (Å²) in [7, 11) is 1.98. The van der Waals surface area contributed by atoms with Crippen LogP contribution in [0.25, 0.3) is 0 Å². The fraction of sp³-hybridized carbons (Fsp3) is 0.923. The van der Waals surface area contributed by atoms with E-state index in [9.17, 15) is 4.79 Å². The van der Waals surface area contributed by atoms with Gasteiger partial charge in [-0.2, -0.15) is 0 Å². The topological polar surface area (TPSA) is 41.6 Å². The molecule has 98 valence electrons. The van der Waals surface area contributed by atoms with Crippen molar-refractivity contribution >= 4 is 5.91 Å². The van der Waals surface area contributed by atoms with Crippen LogP contribution in [0.4, 0.5) is 0 Å². The molecule has 0 saturated carbocycles. The van der Waals surface area contributed by atoms with Crippen molar-refractivity contribution in [2.24, 2.45) is 11.8 Å². The molecule has 17 heavy (non-hydrogen) atoms. The van der Waals surface area contributed by atoms with E-state index in [0.29, 0.717) is 18.4 Å². The van der Waals surface area contributed by atoms with Crippen molar-refractivity contribution in [2.45, 2.75) is 32.3 Å². The average Bonchev–Trinajstić information content (AvgIpc) is 2.76. The first-order valence-corrected chi connectivity index (χ1v) is 6.75. The van der Waals surface area contributed by atoms with E-state index in [-0.39, 0.29) is 12.0 Å².